The van der Waals surface area contributed by atoms with Gasteiger partial charge in [-0.25, -0.2) is 0 Å². The maximum absolute atomic E-state index is 11.7. The van der Waals surface area contributed by atoms with Crippen molar-refractivity contribution in [1.29, 1.82) is 0 Å². The van der Waals surface area contributed by atoms with Gasteiger partial charge in [0.25, 0.3) is 5.91 Å². The van der Waals surface area contributed by atoms with Gasteiger partial charge in [0.2, 0.25) is 0 Å². The molecule has 0 aliphatic rings. The Bertz CT molecular complexity index is 418. The second kappa shape index (κ2) is 7.79. The Balaban J connectivity index is 2.45. The van der Waals surface area contributed by atoms with E-state index in [0.717, 1.165) is 17.7 Å². The van der Waals surface area contributed by atoms with Gasteiger partial charge in [-0.1, -0.05) is 24.6 Å². The van der Waals surface area contributed by atoms with Gasteiger partial charge in [0.15, 0.2) is 6.61 Å². The van der Waals surface area contributed by atoms with Crippen molar-refractivity contribution < 1.29 is 14.6 Å². The molecule has 106 valence electrons. The fraction of sp³-hybridized carbons (Fsp3) is 0.533. The smallest absolute Gasteiger partial charge is 0.258 e. The molecule has 1 atom stereocenters. The molecule has 1 aromatic carbocycles. The summed E-state index contributed by atoms with van der Waals surface area (Å²) in [6.45, 7) is 6.04. The predicted octanol–water partition coefficient (Wildman–Crippen LogP) is 1.96. The van der Waals surface area contributed by atoms with Gasteiger partial charge >= 0.3 is 0 Å². The minimum absolute atomic E-state index is 0.00578. The fourth-order valence-corrected chi connectivity index (χ4v) is 1.91. The van der Waals surface area contributed by atoms with E-state index >= 15 is 0 Å². The Morgan fingerprint density at radius 2 is 2.16 bits per heavy atom. The molecule has 0 aliphatic heterocycles. The Hall–Kier alpha value is -1.55. The summed E-state index contributed by atoms with van der Waals surface area (Å²) < 4.78 is 5.50. The molecule has 19 heavy (non-hydrogen) atoms. The summed E-state index contributed by atoms with van der Waals surface area (Å²) in [5.41, 5.74) is 2.19. The summed E-state index contributed by atoms with van der Waals surface area (Å²) in [6.07, 6.45) is 1.38. The molecule has 0 fully saturated rings. The minimum Gasteiger partial charge on any atom is -0.484 e. The first-order valence-corrected chi connectivity index (χ1v) is 6.67. The summed E-state index contributed by atoms with van der Waals surface area (Å²) in [6, 6.07) is 5.87. The van der Waals surface area contributed by atoms with E-state index in [1.165, 1.54) is 5.56 Å². The lowest BCUT2D eigenvalue weighted by Crippen LogP contribution is -2.38. The molecule has 0 aromatic heterocycles. The molecule has 4 heteroatoms. The van der Waals surface area contributed by atoms with Gasteiger partial charge in [-0.15, -0.1) is 0 Å². The van der Waals surface area contributed by atoms with E-state index in [4.69, 9.17) is 9.84 Å². The normalized spacial score (nSPS) is 12.0. The molecular weight excluding hydrogens is 242 g/mol. The third kappa shape index (κ3) is 5.30. The topological polar surface area (TPSA) is 58.6 Å². The van der Waals surface area contributed by atoms with Gasteiger partial charge in [-0.2, -0.15) is 0 Å². The number of ether oxygens (including phenoxy) is 1. The van der Waals surface area contributed by atoms with E-state index in [2.05, 4.69) is 5.32 Å². The number of amides is 1. The molecule has 2 N–H and O–H groups in total. The third-order valence-electron chi connectivity index (χ3n) is 3.02. The molecule has 0 saturated heterocycles. The zero-order chi connectivity index (χ0) is 14.3. The van der Waals surface area contributed by atoms with Crippen LogP contribution in [0, 0.1) is 13.8 Å². The molecule has 0 aliphatic carbocycles. The lowest BCUT2D eigenvalue weighted by atomic mass is 10.1. The first kappa shape index (κ1) is 15.5. The molecule has 0 bridgehead atoms. The molecule has 0 saturated carbocycles. The van der Waals surface area contributed by atoms with E-state index < -0.39 is 0 Å². The van der Waals surface area contributed by atoms with Gasteiger partial charge in [0.1, 0.15) is 5.75 Å². The average Bonchev–Trinajstić information content (AvgIpc) is 2.37. The highest BCUT2D eigenvalue weighted by atomic mass is 16.5. The van der Waals surface area contributed by atoms with Crippen LogP contribution in [0.3, 0.4) is 0 Å². The SMILES string of the molecule is CCC(CCO)NC(=O)COc1ccc(C)cc1C. The summed E-state index contributed by atoms with van der Waals surface area (Å²) in [5, 5.41) is 11.7. The summed E-state index contributed by atoms with van der Waals surface area (Å²) in [4.78, 5) is 11.7. The van der Waals surface area contributed by atoms with Crippen LogP contribution < -0.4 is 10.1 Å². The molecule has 1 unspecified atom stereocenters. The predicted molar refractivity (Wildman–Crippen MR) is 75.3 cm³/mol. The maximum atomic E-state index is 11.7. The summed E-state index contributed by atoms with van der Waals surface area (Å²) >= 11 is 0. The molecule has 1 amide bonds. The minimum atomic E-state index is -0.153. The lowest BCUT2D eigenvalue weighted by Gasteiger charge is -2.16. The quantitative estimate of drug-likeness (QED) is 0.792. The standard InChI is InChI=1S/C15H23NO3/c1-4-13(7-8-17)16-15(18)10-19-14-6-5-11(2)9-12(14)3/h5-6,9,13,17H,4,7-8,10H2,1-3H3,(H,16,18). The number of aliphatic hydroxyl groups excluding tert-OH is 1. The van der Waals surface area contributed by atoms with E-state index in [1.54, 1.807) is 0 Å². The zero-order valence-corrected chi connectivity index (χ0v) is 11.9. The molecule has 4 nitrogen and oxygen atoms in total. The first-order valence-electron chi connectivity index (χ1n) is 6.67. The van der Waals surface area contributed by atoms with Crippen molar-refractivity contribution in [3.63, 3.8) is 0 Å². The number of nitrogens with one attached hydrogen (secondary N) is 1. The number of hydrogen-bond donors (Lipinski definition) is 2. The fourth-order valence-electron chi connectivity index (χ4n) is 1.91. The largest absolute Gasteiger partial charge is 0.484 e. The molecule has 1 aromatic rings. The van der Waals surface area contributed by atoms with Crippen LogP contribution in [0.25, 0.3) is 0 Å². The highest BCUT2D eigenvalue weighted by Crippen LogP contribution is 2.18. The Kier molecular flexibility index (Phi) is 6.36. The lowest BCUT2D eigenvalue weighted by molar-refractivity contribution is -0.123. The van der Waals surface area contributed by atoms with Crippen LogP contribution in [0.15, 0.2) is 18.2 Å². The van der Waals surface area contributed by atoms with Crippen LogP contribution in [0.5, 0.6) is 5.75 Å². The van der Waals surface area contributed by atoms with Crippen molar-refractivity contribution in [3.8, 4) is 5.75 Å². The van der Waals surface area contributed by atoms with Crippen molar-refractivity contribution in [2.24, 2.45) is 0 Å². The van der Waals surface area contributed by atoms with E-state index in [0.29, 0.717) is 6.42 Å². The maximum Gasteiger partial charge on any atom is 0.258 e. The van der Waals surface area contributed by atoms with Gasteiger partial charge in [-0.05, 0) is 38.3 Å². The van der Waals surface area contributed by atoms with Gasteiger partial charge in [0, 0.05) is 12.6 Å². The number of aryl methyl sites for hydroxylation is 2. The highest BCUT2D eigenvalue weighted by molar-refractivity contribution is 5.77. The summed E-state index contributed by atoms with van der Waals surface area (Å²) in [7, 11) is 0. The molecular formula is C15H23NO3. The molecule has 1 rings (SSSR count). The number of aliphatic hydroxyl groups is 1. The third-order valence-corrected chi connectivity index (χ3v) is 3.02. The number of benzene rings is 1. The van der Waals surface area contributed by atoms with Gasteiger partial charge in [0.05, 0.1) is 0 Å². The van der Waals surface area contributed by atoms with E-state index in [-0.39, 0.29) is 25.2 Å². The molecule has 0 radical (unpaired) electrons. The monoisotopic (exact) mass is 265 g/mol. The van der Waals surface area contributed by atoms with E-state index in [1.807, 2.05) is 39.0 Å². The Labute approximate surface area is 114 Å². The Morgan fingerprint density at radius 1 is 1.42 bits per heavy atom. The van der Waals surface area contributed by atoms with Crippen LogP contribution in [0.4, 0.5) is 0 Å². The van der Waals surface area contributed by atoms with Crippen LogP contribution >= 0.6 is 0 Å². The number of carbonyl (C=O) groups is 1. The van der Waals surface area contributed by atoms with Crippen molar-refractivity contribution in [2.45, 2.75) is 39.7 Å². The van der Waals surface area contributed by atoms with Crippen molar-refractivity contribution in [3.05, 3.63) is 29.3 Å². The molecule has 0 spiro atoms. The zero-order valence-electron chi connectivity index (χ0n) is 11.9. The van der Waals surface area contributed by atoms with Crippen LogP contribution in [-0.4, -0.2) is 30.3 Å². The first-order chi connectivity index (χ1) is 9.06. The van der Waals surface area contributed by atoms with Gasteiger partial charge in [-0.3, -0.25) is 4.79 Å². The number of rotatable bonds is 7. The number of hydrogen-bond acceptors (Lipinski definition) is 3. The van der Waals surface area contributed by atoms with Crippen molar-refractivity contribution in [1.82, 2.24) is 5.32 Å². The van der Waals surface area contributed by atoms with Crippen LogP contribution in [0.2, 0.25) is 0 Å². The van der Waals surface area contributed by atoms with Crippen LogP contribution in [-0.2, 0) is 4.79 Å². The second-order valence-corrected chi connectivity index (χ2v) is 4.74. The average molecular weight is 265 g/mol. The second-order valence-electron chi connectivity index (χ2n) is 4.74. The Morgan fingerprint density at radius 3 is 2.74 bits per heavy atom. The highest BCUT2D eigenvalue weighted by Gasteiger charge is 2.10. The van der Waals surface area contributed by atoms with Gasteiger partial charge < -0.3 is 15.2 Å². The van der Waals surface area contributed by atoms with Crippen molar-refractivity contribution >= 4 is 5.91 Å². The molecule has 0 heterocycles. The van der Waals surface area contributed by atoms with Crippen LogP contribution in [0.1, 0.15) is 30.9 Å². The number of carbonyl (C=O) groups excluding carboxylic acids is 1. The summed E-state index contributed by atoms with van der Waals surface area (Å²) in [5.74, 6) is 0.580. The van der Waals surface area contributed by atoms with E-state index in [9.17, 15) is 4.79 Å². The van der Waals surface area contributed by atoms with Crippen molar-refractivity contribution in [2.75, 3.05) is 13.2 Å².